The molecule has 1 aromatic heterocycles. The Hall–Kier alpha value is -0.850. The van der Waals surface area contributed by atoms with Crippen molar-refractivity contribution in [1.29, 1.82) is 0 Å². The Kier molecular flexibility index (Phi) is 4.52. The van der Waals surface area contributed by atoms with Crippen molar-refractivity contribution >= 4 is 11.3 Å². The second-order valence-corrected chi connectivity index (χ2v) is 5.83. The fraction of sp³-hybridized carbons (Fsp3) is 0.615. The second-order valence-electron chi connectivity index (χ2n) is 4.88. The van der Waals surface area contributed by atoms with Crippen molar-refractivity contribution < 1.29 is 0 Å². The predicted molar refractivity (Wildman–Crippen MR) is 70.6 cm³/mol. The first kappa shape index (κ1) is 13.2. The minimum Gasteiger partial charge on any atom is -0.297 e. The van der Waals surface area contributed by atoms with Crippen LogP contribution in [0.2, 0.25) is 0 Å². The molecule has 0 saturated heterocycles. The summed E-state index contributed by atoms with van der Waals surface area (Å²) < 4.78 is 0. The van der Waals surface area contributed by atoms with Crippen molar-refractivity contribution in [3.63, 3.8) is 0 Å². The van der Waals surface area contributed by atoms with Gasteiger partial charge in [0.1, 0.15) is 5.01 Å². The molecule has 2 nitrogen and oxygen atoms in total. The molecule has 88 valence electrons. The molecule has 1 unspecified atom stereocenters. The quantitative estimate of drug-likeness (QED) is 0.813. The number of thiazole rings is 1. The molecule has 1 rings (SSSR count). The van der Waals surface area contributed by atoms with Crippen LogP contribution in [-0.2, 0) is 12.0 Å². The Morgan fingerprint density at radius 1 is 1.56 bits per heavy atom. The highest BCUT2D eigenvalue weighted by molar-refractivity contribution is 7.09. The molecule has 1 heterocycles. The van der Waals surface area contributed by atoms with Gasteiger partial charge in [-0.1, -0.05) is 33.6 Å². The van der Waals surface area contributed by atoms with Gasteiger partial charge >= 0.3 is 0 Å². The van der Waals surface area contributed by atoms with Gasteiger partial charge in [0.15, 0.2) is 0 Å². The molecule has 0 bridgehead atoms. The molecule has 0 amide bonds. The average Bonchev–Trinajstić information content (AvgIpc) is 2.67. The van der Waals surface area contributed by atoms with E-state index in [-0.39, 0.29) is 11.5 Å². The summed E-state index contributed by atoms with van der Waals surface area (Å²) in [7, 11) is 0. The molecule has 1 N–H and O–H groups in total. The molecule has 0 aliphatic carbocycles. The lowest BCUT2D eigenvalue weighted by Crippen LogP contribution is -2.26. The zero-order valence-electron chi connectivity index (χ0n) is 10.5. The lowest BCUT2D eigenvalue weighted by Gasteiger charge is -2.14. The minimum atomic E-state index is 0.130. The fourth-order valence-corrected chi connectivity index (χ4v) is 2.24. The highest BCUT2D eigenvalue weighted by Crippen LogP contribution is 2.23. The van der Waals surface area contributed by atoms with Crippen LogP contribution >= 0.6 is 11.3 Å². The SMILES string of the molecule is C#CC(CC)NCc1nc(C(C)(C)C)cs1. The standard InChI is InChI=1S/C13H20N2S/c1-6-10(7-2)14-8-12-15-11(9-16-12)13(3,4)5/h1,9-10,14H,7-8H2,2-5H3. The minimum absolute atomic E-state index is 0.130. The van der Waals surface area contributed by atoms with E-state index in [0.717, 1.165) is 23.7 Å². The van der Waals surface area contributed by atoms with Crippen LogP contribution in [0.25, 0.3) is 0 Å². The van der Waals surface area contributed by atoms with Crippen LogP contribution < -0.4 is 5.32 Å². The van der Waals surface area contributed by atoms with Gasteiger partial charge in [0.25, 0.3) is 0 Å². The van der Waals surface area contributed by atoms with Crippen molar-refractivity contribution in [3.05, 3.63) is 16.1 Å². The van der Waals surface area contributed by atoms with Gasteiger partial charge in [-0.05, 0) is 6.42 Å². The molecule has 0 aliphatic rings. The normalized spacial score (nSPS) is 13.4. The van der Waals surface area contributed by atoms with E-state index in [0.29, 0.717) is 0 Å². The van der Waals surface area contributed by atoms with Crippen LogP contribution in [0.15, 0.2) is 5.38 Å². The third-order valence-electron chi connectivity index (χ3n) is 2.43. The van der Waals surface area contributed by atoms with Crippen molar-refractivity contribution in [2.45, 2.75) is 52.1 Å². The molecule has 0 saturated carbocycles. The summed E-state index contributed by atoms with van der Waals surface area (Å²) >= 11 is 1.70. The van der Waals surface area contributed by atoms with Crippen molar-refractivity contribution in [2.24, 2.45) is 0 Å². The molecule has 0 spiro atoms. The van der Waals surface area contributed by atoms with Crippen LogP contribution in [0.1, 0.15) is 44.8 Å². The third kappa shape index (κ3) is 3.62. The zero-order chi connectivity index (χ0) is 12.2. The van der Waals surface area contributed by atoms with Gasteiger partial charge in [0, 0.05) is 17.3 Å². The maximum absolute atomic E-state index is 5.39. The molecule has 0 aliphatic heterocycles. The van der Waals surface area contributed by atoms with E-state index >= 15 is 0 Å². The maximum atomic E-state index is 5.39. The Labute approximate surface area is 102 Å². The lowest BCUT2D eigenvalue weighted by molar-refractivity contribution is 0.561. The van der Waals surface area contributed by atoms with E-state index in [1.807, 2.05) is 0 Å². The van der Waals surface area contributed by atoms with Crippen LogP contribution in [0.3, 0.4) is 0 Å². The first-order valence-electron chi connectivity index (χ1n) is 5.61. The Balaban J connectivity index is 2.57. The first-order chi connectivity index (χ1) is 7.47. The second kappa shape index (κ2) is 5.47. The zero-order valence-corrected chi connectivity index (χ0v) is 11.3. The highest BCUT2D eigenvalue weighted by Gasteiger charge is 2.17. The highest BCUT2D eigenvalue weighted by atomic mass is 32.1. The van der Waals surface area contributed by atoms with Crippen molar-refractivity contribution in [2.75, 3.05) is 0 Å². The van der Waals surface area contributed by atoms with Crippen LogP contribution in [0, 0.1) is 12.3 Å². The Bertz CT molecular complexity index is 368. The van der Waals surface area contributed by atoms with Gasteiger partial charge in [-0.25, -0.2) is 4.98 Å². The van der Waals surface area contributed by atoms with Gasteiger partial charge in [-0.15, -0.1) is 17.8 Å². The summed E-state index contributed by atoms with van der Waals surface area (Å²) in [6.45, 7) is 9.38. The topological polar surface area (TPSA) is 24.9 Å². The van der Waals surface area contributed by atoms with Crippen LogP contribution in [0.5, 0.6) is 0 Å². The molecule has 16 heavy (non-hydrogen) atoms. The van der Waals surface area contributed by atoms with Crippen molar-refractivity contribution in [3.8, 4) is 12.3 Å². The summed E-state index contributed by atoms with van der Waals surface area (Å²) in [6.07, 6.45) is 6.34. The van der Waals surface area contributed by atoms with E-state index in [2.05, 4.69) is 49.3 Å². The molecule has 0 fully saturated rings. The maximum Gasteiger partial charge on any atom is 0.107 e. The molecule has 0 radical (unpaired) electrons. The first-order valence-corrected chi connectivity index (χ1v) is 6.49. The lowest BCUT2D eigenvalue weighted by atomic mass is 9.93. The van der Waals surface area contributed by atoms with E-state index in [9.17, 15) is 0 Å². The van der Waals surface area contributed by atoms with E-state index in [1.165, 1.54) is 0 Å². The summed E-state index contributed by atoms with van der Waals surface area (Å²) in [4.78, 5) is 4.61. The monoisotopic (exact) mass is 236 g/mol. The Morgan fingerprint density at radius 2 is 2.25 bits per heavy atom. The molecule has 3 heteroatoms. The fourth-order valence-electron chi connectivity index (χ4n) is 1.27. The van der Waals surface area contributed by atoms with E-state index < -0.39 is 0 Å². The smallest absolute Gasteiger partial charge is 0.107 e. The number of rotatable bonds is 4. The molecule has 1 atom stereocenters. The number of hydrogen-bond donors (Lipinski definition) is 1. The summed E-state index contributed by atoms with van der Waals surface area (Å²) in [6, 6.07) is 0.155. The summed E-state index contributed by atoms with van der Waals surface area (Å²) in [5, 5.41) is 6.55. The molecule has 1 aromatic rings. The number of hydrogen-bond acceptors (Lipinski definition) is 3. The van der Waals surface area contributed by atoms with Gasteiger partial charge < -0.3 is 0 Å². The van der Waals surface area contributed by atoms with Gasteiger partial charge in [0.05, 0.1) is 11.7 Å². The molecule has 0 aromatic carbocycles. The van der Waals surface area contributed by atoms with Gasteiger partial charge in [-0.3, -0.25) is 5.32 Å². The summed E-state index contributed by atoms with van der Waals surface area (Å²) in [5.74, 6) is 2.72. The van der Waals surface area contributed by atoms with Gasteiger partial charge in [-0.2, -0.15) is 0 Å². The van der Waals surface area contributed by atoms with Crippen molar-refractivity contribution in [1.82, 2.24) is 10.3 Å². The predicted octanol–water partition coefficient (Wildman–Crippen LogP) is 2.94. The van der Waals surface area contributed by atoms with Crippen LogP contribution in [0.4, 0.5) is 0 Å². The summed E-state index contributed by atoms with van der Waals surface area (Å²) in [5.41, 5.74) is 1.29. The molecular weight excluding hydrogens is 216 g/mol. The molecular formula is C13H20N2S. The van der Waals surface area contributed by atoms with E-state index in [1.54, 1.807) is 11.3 Å². The largest absolute Gasteiger partial charge is 0.297 e. The number of nitrogens with one attached hydrogen (secondary N) is 1. The van der Waals surface area contributed by atoms with E-state index in [4.69, 9.17) is 6.42 Å². The number of aromatic nitrogens is 1. The Morgan fingerprint density at radius 3 is 2.69 bits per heavy atom. The number of terminal acetylenes is 1. The van der Waals surface area contributed by atoms with Crippen LogP contribution in [-0.4, -0.2) is 11.0 Å². The average molecular weight is 236 g/mol. The third-order valence-corrected chi connectivity index (χ3v) is 3.28. The van der Waals surface area contributed by atoms with Gasteiger partial charge in [0.2, 0.25) is 0 Å². The number of nitrogens with zero attached hydrogens (tertiary/aromatic N) is 1.